The van der Waals surface area contributed by atoms with Crippen LogP contribution in [0.1, 0.15) is 16.7 Å². The van der Waals surface area contributed by atoms with Gasteiger partial charge < -0.3 is 14.8 Å². The lowest BCUT2D eigenvalue weighted by Crippen LogP contribution is -2.57. The fraction of sp³-hybridized carbons (Fsp3) is 0.118. The van der Waals surface area contributed by atoms with Gasteiger partial charge in [0.2, 0.25) is 0 Å². The summed E-state index contributed by atoms with van der Waals surface area (Å²) in [7, 11) is 1.44. The van der Waals surface area contributed by atoms with Crippen LogP contribution < -0.4 is 24.6 Å². The monoisotopic (exact) mass is 653 g/mol. The van der Waals surface area contributed by atoms with Crippen molar-refractivity contribution >= 4 is 62.8 Å². The Labute approximate surface area is 262 Å². The van der Waals surface area contributed by atoms with Crippen molar-refractivity contribution in [1.82, 2.24) is 0 Å². The van der Waals surface area contributed by atoms with Crippen LogP contribution in [0.4, 0.5) is 21.9 Å². The molecule has 10 heteroatoms. The lowest BCUT2D eigenvalue weighted by atomic mass is 10.0. The van der Waals surface area contributed by atoms with E-state index in [0.717, 1.165) is 20.9 Å². The SMILES string of the molecule is COc1cc(C=C2C(=O)N(c3ccccc3)C(=O)N(c3ccccc3)C2=O)cc(Br)c1OCC(=O)Nc1ccc(C)c(C)c1. The van der Waals surface area contributed by atoms with Gasteiger partial charge in [0.05, 0.1) is 23.0 Å². The second kappa shape index (κ2) is 13.0. The first-order valence-corrected chi connectivity index (χ1v) is 14.4. The Morgan fingerprint density at radius 2 is 1.41 bits per heavy atom. The highest BCUT2D eigenvalue weighted by atomic mass is 79.9. The van der Waals surface area contributed by atoms with Crippen LogP contribution >= 0.6 is 15.9 Å². The summed E-state index contributed by atoms with van der Waals surface area (Å²) >= 11 is 3.46. The predicted octanol–water partition coefficient (Wildman–Crippen LogP) is 6.68. The molecule has 44 heavy (non-hydrogen) atoms. The largest absolute Gasteiger partial charge is 0.493 e. The van der Waals surface area contributed by atoms with E-state index < -0.39 is 17.8 Å². The molecule has 1 fully saturated rings. The standard InChI is InChI=1S/C34H28BrN3O6/c1-21-14-15-24(16-22(21)2)36-30(39)20-44-31-28(35)18-23(19-29(31)43-3)17-27-32(40)37(25-10-6-4-7-11-25)34(42)38(33(27)41)26-12-8-5-9-13-26/h4-19H,20H2,1-3H3,(H,36,39). The van der Waals surface area contributed by atoms with E-state index in [4.69, 9.17) is 9.47 Å². The molecule has 0 aromatic heterocycles. The summed E-state index contributed by atoms with van der Waals surface area (Å²) in [5, 5.41) is 2.81. The van der Waals surface area contributed by atoms with E-state index in [1.807, 2.05) is 32.0 Å². The number of nitrogens with zero attached hydrogens (tertiary/aromatic N) is 2. The van der Waals surface area contributed by atoms with Crippen LogP contribution in [0, 0.1) is 13.8 Å². The van der Waals surface area contributed by atoms with Crippen LogP contribution in [0.2, 0.25) is 0 Å². The molecule has 0 atom stereocenters. The highest BCUT2D eigenvalue weighted by Gasteiger charge is 2.43. The van der Waals surface area contributed by atoms with Gasteiger partial charge in [-0.1, -0.05) is 42.5 Å². The zero-order chi connectivity index (χ0) is 31.4. The smallest absolute Gasteiger partial charge is 0.343 e. The lowest BCUT2D eigenvalue weighted by Gasteiger charge is -2.34. The number of aryl methyl sites for hydroxylation is 2. The average Bonchev–Trinajstić information content (AvgIpc) is 3.01. The normalized spacial score (nSPS) is 13.2. The lowest BCUT2D eigenvalue weighted by molar-refractivity contribution is -0.121. The van der Waals surface area contributed by atoms with Gasteiger partial charge in [0.1, 0.15) is 5.57 Å². The molecular weight excluding hydrogens is 626 g/mol. The molecule has 5 rings (SSSR count). The van der Waals surface area contributed by atoms with Crippen molar-refractivity contribution in [1.29, 1.82) is 0 Å². The van der Waals surface area contributed by atoms with E-state index in [1.54, 1.807) is 72.8 Å². The van der Waals surface area contributed by atoms with Crippen LogP contribution in [0.5, 0.6) is 11.5 Å². The average molecular weight is 655 g/mol. The predicted molar refractivity (Wildman–Crippen MR) is 172 cm³/mol. The number of rotatable bonds is 8. The quantitative estimate of drug-likeness (QED) is 0.168. The summed E-state index contributed by atoms with van der Waals surface area (Å²) in [5.74, 6) is -1.37. The molecule has 0 saturated carbocycles. The second-order valence-corrected chi connectivity index (χ2v) is 10.8. The number of amides is 5. The third-order valence-electron chi connectivity index (χ3n) is 6.98. The number of carbonyl (C=O) groups is 4. The molecule has 5 amide bonds. The topological polar surface area (TPSA) is 105 Å². The van der Waals surface area contributed by atoms with Crippen molar-refractivity contribution in [3.63, 3.8) is 0 Å². The Balaban J connectivity index is 1.45. The number of hydrogen-bond acceptors (Lipinski definition) is 6. The number of barbiturate groups is 1. The molecule has 0 radical (unpaired) electrons. The summed E-state index contributed by atoms with van der Waals surface area (Å²) in [6, 6.07) is 24.8. The minimum absolute atomic E-state index is 0.229. The molecule has 1 aliphatic rings. The highest BCUT2D eigenvalue weighted by Crippen LogP contribution is 2.38. The Morgan fingerprint density at radius 3 is 1.95 bits per heavy atom. The van der Waals surface area contributed by atoms with Crippen LogP contribution in [0.15, 0.2) is 101 Å². The first-order chi connectivity index (χ1) is 21.2. The number of halogens is 1. The number of ether oxygens (including phenoxy) is 2. The van der Waals surface area contributed by atoms with Gasteiger partial charge in [0.25, 0.3) is 17.7 Å². The molecule has 0 bridgehead atoms. The minimum Gasteiger partial charge on any atom is -0.493 e. The molecule has 4 aromatic rings. The molecule has 1 aliphatic heterocycles. The van der Waals surface area contributed by atoms with Crippen molar-refractivity contribution in [3.8, 4) is 11.5 Å². The van der Waals surface area contributed by atoms with E-state index in [2.05, 4.69) is 21.2 Å². The number of carbonyl (C=O) groups excluding carboxylic acids is 4. The number of benzene rings is 4. The fourth-order valence-electron chi connectivity index (χ4n) is 4.62. The minimum atomic E-state index is -0.781. The summed E-state index contributed by atoms with van der Waals surface area (Å²) < 4.78 is 11.7. The van der Waals surface area contributed by atoms with E-state index >= 15 is 0 Å². The first kappa shape index (κ1) is 30.2. The summed E-state index contributed by atoms with van der Waals surface area (Å²) in [6.07, 6.45) is 1.40. The van der Waals surface area contributed by atoms with E-state index in [9.17, 15) is 19.2 Å². The van der Waals surface area contributed by atoms with Crippen LogP contribution in [0.3, 0.4) is 0 Å². The van der Waals surface area contributed by atoms with Gasteiger partial charge in [-0.15, -0.1) is 0 Å². The van der Waals surface area contributed by atoms with Gasteiger partial charge in [-0.25, -0.2) is 14.6 Å². The number of para-hydroxylation sites is 2. The van der Waals surface area contributed by atoms with Gasteiger partial charge in [-0.2, -0.15) is 0 Å². The maximum atomic E-state index is 13.7. The summed E-state index contributed by atoms with van der Waals surface area (Å²) in [5.41, 5.74) is 3.67. The van der Waals surface area contributed by atoms with Crippen molar-refractivity contribution in [2.24, 2.45) is 0 Å². The van der Waals surface area contributed by atoms with Gasteiger partial charge in [0, 0.05) is 5.69 Å². The Kier molecular flexibility index (Phi) is 8.91. The Morgan fingerprint density at radius 1 is 0.818 bits per heavy atom. The third-order valence-corrected chi connectivity index (χ3v) is 7.57. The molecule has 1 N–H and O–H groups in total. The third kappa shape index (κ3) is 6.25. The van der Waals surface area contributed by atoms with Gasteiger partial charge >= 0.3 is 6.03 Å². The molecular formula is C34H28BrN3O6. The van der Waals surface area contributed by atoms with Crippen LogP contribution in [-0.4, -0.2) is 37.5 Å². The highest BCUT2D eigenvalue weighted by molar-refractivity contribution is 9.10. The zero-order valence-corrected chi connectivity index (χ0v) is 25.8. The number of hydrogen-bond donors (Lipinski definition) is 1. The van der Waals surface area contributed by atoms with E-state index in [1.165, 1.54) is 13.2 Å². The van der Waals surface area contributed by atoms with E-state index in [0.29, 0.717) is 27.1 Å². The van der Waals surface area contributed by atoms with Gasteiger partial charge in [-0.05, 0) is 101 Å². The molecule has 0 unspecified atom stereocenters. The number of anilines is 3. The first-order valence-electron chi connectivity index (χ1n) is 13.6. The van der Waals surface area contributed by atoms with Crippen LogP contribution in [0.25, 0.3) is 6.08 Å². The number of nitrogens with one attached hydrogen (secondary N) is 1. The zero-order valence-electron chi connectivity index (χ0n) is 24.2. The molecule has 4 aromatic carbocycles. The van der Waals surface area contributed by atoms with Gasteiger partial charge in [0.15, 0.2) is 18.1 Å². The molecule has 0 spiro atoms. The molecule has 222 valence electrons. The summed E-state index contributed by atoms with van der Waals surface area (Å²) in [4.78, 5) is 55.4. The number of imide groups is 2. The Hall–Kier alpha value is -5.22. The number of methoxy groups -OCH3 is 1. The van der Waals surface area contributed by atoms with Crippen LogP contribution in [-0.2, 0) is 14.4 Å². The maximum Gasteiger partial charge on any atom is 0.343 e. The molecule has 9 nitrogen and oxygen atoms in total. The van der Waals surface area contributed by atoms with Crippen molar-refractivity contribution < 1.29 is 28.7 Å². The van der Waals surface area contributed by atoms with Crippen molar-refractivity contribution in [2.75, 3.05) is 28.8 Å². The Bertz CT molecular complexity index is 1730. The molecule has 1 heterocycles. The summed E-state index contributed by atoms with van der Waals surface area (Å²) in [6.45, 7) is 3.66. The fourth-order valence-corrected chi connectivity index (χ4v) is 5.20. The molecule has 0 aliphatic carbocycles. The number of urea groups is 1. The van der Waals surface area contributed by atoms with Gasteiger partial charge in [-0.3, -0.25) is 14.4 Å². The van der Waals surface area contributed by atoms with E-state index in [-0.39, 0.29) is 29.6 Å². The molecule has 1 saturated heterocycles. The maximum absolute atomic E-state index is 13.7. The second-order valence-electron chi connectivity index (χ2n) is 9.96. The van der Waals surface area contributed by atoms with Crippen molar-refractivity contribution in [3.05, 3.63) is 118 Å². The van der Waals surface area contributed by atoms with Crippen molar-refractivity contribution in [2.45, 2.75) is 13.8 Å².